The molecule has 4 nitrogen and oxygen atoms in total. The Kier molecular flexibility index (Phi) is 5.84. The second kappa shape index (κ2) is 8.48. The maximum atomic E-state index is 12.0. The summed E-state index contributed by atoms with van der Waals surface area (Å²) in [6, 6.07) is 17.5. The predicted molar refractivity (Wildman–Crippen MR) is 97.5 cm³/mol. The molecule has 1 unspecified atom stereocenters. The Balaban J connectivity index is 1.58. The maximum Gasteiger partial charge on any atom is 0.296 e. The van der Waals surface area contributed by atoms with E-state index in [2.05, 4.69) is 28.1 Å². The number of hydrogen-bond donors (Lipinski definition) is 2. The normalized spacial score (nSPS) is 16.9. The van der Waals surface area contributed by atoms with E-state index < -0.39 is 0 Å². The molecule has 1 atom stereocenters. The van der Waals surface area contributed by atoms with Crippen molar-refractivity contribution in [1.82, 2.24) is 10.2 Å². The lowest BCUT2D eigenvalue weighted by Crippen LogP contribution is -2.24. The van der Waals surface area contributed by atoms with Crippen molar-refractivity contribution in [3.63, 3.8) is 0 Å². The quantitative estimate of drug-likeness (QED) is 0.840. The fraction of sp³-hybridized carbons (Fsp3) is 0.286. The summed E-state index contributed by atoms with van der Waals surface area (Å²) in [7, 11) is 0. The summed E-state index contributed by atoms with van der Waals surface area (Å²) in [5, 5.41) is 12.5. The molecule has 1 aliphatic heterocycles. The average molecular weight is 334 g/mol. The first-order chi connectivity index (χ1) is 12.2. The summed E-state index contributed by atoms with van der Waals surface area (Å²) in [4.78, 5) is 14.2. The molecule has 2 N–H and O–H groups in total. The highest BCUT2D eigenvalue weighted by Gasteiger charge is 2.20. The zero-order chi connectivity index (χ0) is 17.5. The minimum absolute atomic E-state index is 0.222. The van der Waals surface area contributed by atoms with Crippen molar-refractivity contribution in [2.75, 3.05) is 13.1 Å². The van der Waals surface area contributed by atoms with Crippen LogP contribution in [-0.4, -0.2) is 35.1 Å². The number of aliphatic hydroxyl groups excluding tert-OH is 1. The summed E-state index contributed by atoms with van der Waals surface area (Å²) in [5.74, 6) is 5.20. The van der Waals surface area contributed by atoms with Crippen LogP contribution in [0.25, 0.3) is 0 Å². The van der Waals surface area contributed by atoms with E-state index in [0.29, 0.717) is 13.1 Å². The molecule has 0 aliphatic carbocycles. The van der Waals surface area contributed by atoms with Crippen molar-refractivity contribution in [2.24, 2.45) is 0 Å². The second-order valence-electron chi connectivity index (χ2n) is 6.25. The molecule has 0 radical (unpaired) electrons. The van der Waals surface area contributed by atoms with Gasteiger partial charge in [-0.25, -0.2) is 0 Å². The van der Waals surface area contributed by atoms with Gasteiger partial charge in [0.1, 0.15) is 0 Å². The van der Waals surface area contributed by atoms with Gasteiger partial charge in [-0.2, -0.15) is 0 Å². The smallest absolute Gasteiger partial charge is 0.296 e. The van der Waals surface area contributed by atoms with E-state index in [-0.39, 0.29) is 12.0 Å². The highest BCUT2D eigenvalue weighted by Crippen LogP contribution is 2.16. The van der Waals surface area contributed by atoms with E-state index in [1.165, 1.54) is 5.56 Å². The third kappa shape index (κ3) is 5.18. The van der Waals surface area contributed by atoms with E-state index >= 15 is 0 Å². The SMILES string of the molecule is O=C(C#Cc1ccccc1)NCc1ccccc1CN1CCC(O)C1. The molecule has 0 aromatic heterocycles. The van der Waals surface area contributed by atoms with Gasteiger partial charge in [0.05, 0.1) is 6.10 Å². The number of likely N-dealkylation sites (tertiary alicyclic amines) is 1. The fourth-order valence-electron chi connectivity index (χ4n) is 2.95. The molecule has 4 heteroatoms. The Bertz CT molecular complexity index is 777. The van der Waals surface area contributed by atoms with Gasteiger partial charge in [0, 0.05) is 37.7 Å². The third-order valence-corrected chi connectivity index (χ3v) is 4.29. The van der Waals surface area contributed by atoms with Gasteiger partial charge in [-0.05, 0) is 29.7 Å². The third-order valence-electron chi connectivity index (χ3n) is 4.29. The molecule has 0 bridgehead atoms. The first-order valence-electron chi connectivity index (χ1n) is 8.53. The summed E-state index contributed by atoms with van der Waals surface area (Å²) < 4.78 is 0. The fourth-order valence-corrected chi connectivity index (χ4v) is 2.95. The lowest BCUT2D eigenvalue weighted by Gasteiger charge is -2.17. The number of hydrogen-bond acceptors (Lipinski definition) is 3. The number of nitrogens with zero attached hydrogens (tertiary/aromatic N) is 1. The summed E-state index contributed by atoms with van der Waals surface area (Å²) in [5.41, 5.74) is 3.08. The van der Waals surface area contributed by atoms with Gasteiger partial charge in [0.15, 0.2) is 0 Å². The number of rotatable bonds is 4. The van der Waals surface area contributed by atoms with Crippen LogP contribution in [0.15, 0.2) is 54.6 Å². The molecule has 2 aromatic rings. The lowest BCUT2D eigenvalue weighted by atomic mass is 10.1. The maximum absolute atomic E-state index is 12.0. The van der Waals surface area contributed by atoms with Crippen molar-refractivity contribution >= 4 is 5.91 Å². The zero-order valence-corrected chi connectivity index (χ0v) is 14.1. The average Bonchev–Trinajstić information content (AvgIpc) is 3.05. The van der Waals surface area contributed by atoms with E-state index in [1.807, 2.05) is 48.5 Å². The largest absolute Gasteiger partial charge is 0.392 e. The number of carbonyl (C=O) groups excluding carboxylic acids is 1. The Morgan fingerprint density at radius 3 is 2.56 bits per heavy atom. The molecule has 2 aromatic carbocycles. The van der Waals surface area contributed by atoms with Crippen LogP contribution >= 0.6 is 0 Å². The van der Waals surface area contributed by atoms with Crippen LogP contribution in [0, 0.1) is 11.8 Å². The first kappa shape index (κ1) is 17.2. The minimum Gasteiger partial charge on any atom is -0.392 e. The van der Waals surface area contributed by atoms with Crippen molar-refractivity contribution in [3.05, 3.63) is 71.3 Å². The molecule has 128 valence electrons. The second-order valence-corrected chi connectivity index (χ2v) is 6.25. The molecule has 1 amide bonds. The number of carbonyl (C=O) groups is 1. The van der Waals surface area contributed by atoms with Crippen molar-refractivity contribution in [1.29, 1.82) is 0 Å². The molecule has 1 fully saturated rings. The molecule has 1 saturated heterocycles. The van der Waals surface area contributed by atoms with Crippen LogP contribution < -0.4 is 5.32 Å². The van der Waals surface area contributed by atoms with Crippen LogP contribution in [0.1, 0.15) is 23.1 Å². The van der Waals surface area contributed by atoms with Gasteiger partial charge in [-0.1, -0.05) is 48.4 Å². The van der Waals surface area contributed by atoms with Gasteiger partial charge in [0.2, 0.25) is 0 Å². The van der Waals surface area contributed by atoms with Crippen LogP contribution in [0.5, 0.6) is 0 Å². The Hall–Kier alpha value is -2.61. The molecule has 0 saturated carbocycles. The van der Waals surface area contributed by atoms with Gasteiger partial charge in [-0.15, -0.1) is 0 Å². The first-order valence-corrected chi connectivity index (χ1v) is 8.53. The summed E-state index contributed by atoms with van der Waals surface area (Å²) >= 11 is 0. The van der Waals surface area contributed by atoms with E-state index in [0.717, 1.165) is 30.6 Å². The van der Waals surface area contributed by atoms with Crippen LogP contribution in [0.4, 0.5) is 0 Å². The highest BCUT2D eigenvalue weighted by molar-refractivity contribution is 5.94. The zero-order valence-electron chi connectivity index (χ0n) is 14.1. The Morgan fingerprint density at radius 1 is 1.12 bits per heavy atom. The Labute approximate surface area is 148 Å². The van der Waals surface area contributed by atoms with E-state index in [9.17, 15) is 9.90 Å². The molecule has 1 heterocycles. The van der Waals surface area contributed by atoms with Gasteiger partial charge in [0.25, 0.3) is 5.91 Å². The number of benzene rings is 2. The van der Waals surface area contributed by atoms with Crippen LogP contribution in [0.3, 0.4) is 0 Å². The van der Waals surface area contributed by atoms with Crippen molar-refractivity contribution in [2.45, 2.75) is 25.6 Å². The van der Waals surface area contributed by atoms with E-state index in [1.54, 1.807) is 0 Å². The monoisotopic (exact) mass is 334 g/mol. The standard InChI is InChI=1S/C21H22N2O2/c24-20-12-13-23(16-20)15-19-9-5-4-8-18(19)14-22-21(25)11-10-17-6-2-1-3-7-17/h1-9,20,24H,12-16H2,(H,22,25). The molecular formula is C21H22N2O2. The van der Waals surface area contributed by atoms with E-state index in [4.69, 9.17) is 0 Å². The number of nitrogens with one attached hydrogen (secondary N) is 1. The summed E-state index contributed by atoms with van der Waals surface area (Å²) in [6.07, 6.45) is 0.605. The molecule has 1 aliphatic rings. The van der Waals surface area contributed by atoms with Crippen molar-refractivity contribution in [3.8, 4) is 11.8 Å². The van der Waals surface area contributed by atoms with Crippen molar-refractivity contribution < 1.29 is 9.90 Å². The predicted octanol–water partition coefficient (Wildman–Crippen LogP) is 1.92. The van der Waals surface area contributed by atoms with Crippen LogP contribution in [-0.2, 0) is 17.9 Å². The number of amides is 1. The molecule has 25 heavy (non-hydrogen) atoms. The number of β-amino-alcohol motifs (C(OH)–C–C–N with tert-alkyl or cyclic N) is 1. The molecular weight excluding hydrogens is 312 g/mol. The van der Waals surface area contributed by atoms with Gasteiger partial charge < -0.3 is 10.4 Å². The van der Waals surface area contributed by atoms with Gasteiger partial charge >= 0.3 is 0 Å². The highest BCUT2D eigenvalue weighted by atomic mass is 16.3. The van der Waals surface area contributed by atoms with Gasteiger partial charge in [-0.3, -0.25) is 9.69 Å². The topological polar surface area (TPSA) is 52.6 Å². The number of aliphatic hydroxyl groups is 1. The lowest BCUT2D eigenvalue weighted by molar-refractivity contribution is -0.115. The molecule has 0 spiro atoms. The Morgan fingerprint density at radius 2 is 1.84 bits per heavy atom. The minimum atomic E-state index is -0.282. The van der Waals surface area contributed by atoms with Crippen LogP contribution in [0.2, 0.25) is 0 Å². The molecule has 3 rings (SSSR count). The summed E-state index contributed by atoms with van der Waals surface area (Å²) in [6.45, 7) is 2.86.